The summed E-state index contributed by atoms with van der Waals surface area (Å²) < 4.78 is 31.8. The third-order valence-electron chi connectivity index (χ3n) is 4.09. The van der Waals surface area contributed by atoms with Gasteiger partial charge >= 0.3 is 0 Å². The Morgan fingerprint density at radius 2 is 1.81 bits per heavy atom. The summed E-state index contributed by atoms with van der Waals surface area (Å²) in [7, 11) is -3.48. The van der Waals surface area contributed by atoms with Gasteiger partial charge in [-0.2, -0.15) is 4.31 Å². The molecule has 0 bridgehead atoms. The summed E-state index contributed by atoms with van der Waals surface area (Å²) >= 11 is 5.21. The molecular formula is C17H26N4O3S2. The van der Waals surface area contributed by atoms with Crippen molar-refractivity contribution in [2.75, 3.05) is 31.6 Å². The molecule has 1 fully saturated rings. The third-order valence-corrected chi connectivity index (χ3v) is 6.21. The quantitative estimate of drug-likeness (QED) is 0.480. The van der Waals surface area contributed by atoms with Gasteiger partial charge in [0.25, 0.3) is 0 Å². The van der Waals surface area contributed by atoms with Gasteiger partial charge in [0.05, 0.1) is 18.1 Å². The first-order valence-electron chi connectivity index (χ1n) is 8.65. The van der Waals surface area contributed by atoms with Gasteiger partial charge in [0.15, 0.2) is 5.11 Å². The van der Waals surface area contributed by atoms with Gasteiger partial charge in [-0.15, -0.1) is 0 Å². The number of hydrogen-bond acceptors (Lipinski definition) is 5. The van der Waals surface area contributed by atoms with E-state index in [1.165, 1.54) is 9.88 Å². The molecule has 1 saturated heterocycles. The van der Waals surface area contributed by atoms with Crippen LogP contribution in [0.2, 0.25) is 0 Å². The predicted octanol–water partition coefficient (Wildman–Crippen LogP) is 2.20. The van der Waals surface area contributed by atoms with Gasteiger partial charge in [-0.3, -0.25) is 5.43 Å². The average Bonchev–Trinajstić information content (AvgIpc) is 2.66. The first-order valence-corrected chi connectivity index (χ1v) is 10.5. The maximum absolute atomic E-state index is 12.6. The van der Waals surface area contributed by atoms with E-state index >= 15 is 0 Å². The molecule has 7 nitrogen and oxygen atoms in total. The van der Waals surface area contributed by atoms with Gasteiger partial charge in [-0.05, 0) is 49.3 Å². The SMILES string of the molecule is CCC(=CNNC(=S)Nc1ccc(S(=O)(=O)N2CCOCC2)cc1)CC. The van der Waals surface area contributed by atoms with Crippen LogP contribution in [0, 0.1) is 0 Å². The van der Waals surface area contributed by atoms with Gasteiger partial charge in [0.1, 0.15) is 0 Å². The molecule has 0 radical (unpaired) electrons. The van der Waals surface area contributed by atoms with Crippen LogP contribution in [0.5, 0.6) is 0 Å². The van der Waals surface area contributed by atoms with Crippen LogP contribution in [-0.4, -0.2) is 44.1 Å². The molecule has 0 atom stereocenters. The maximum atomic E-state index is 12.6. The van der Waals surface area contributed by atoms with Crippen LogP contribution < -0.4 is 16.2 Å². The number of nitrogens with zero attached hydrogens (tertiary/aromatic N) is 1. The molecule has 144 valence electrons. The molecule has 0 saturated carbocycles. The van der Waals surface area contributed by atoms with Crippen molar-refractivity contribution < 1.29 is 13.2 Å². The second kappa shape index (κ2) is 9.86. The maximum Gasteiger partial charge on any atom is 0.243 e. The molecule has 1 aromatic carbocycles. The summed E-state index contributed by atoms with van der Waals surface area (Å²) in [5.41, 5.74) is 7.82. The van der Waals surface area contributed by atoms with Crippen molar-refractivity contribution >= 4 is 33.0 Å². The molecule has 0 unspecified atom stereocenters. The topological polar surface area (TPSA) is 82.7 Å². The minimum absolute atomic E-state index is 0.264. The number of hydrazine groups is 1. The van der Waals surface area contributed by atoms with Gasteiger partial charge in [-0.25, -0.2) is 8.42 Å². The predicted molar refractivity (Wildman–Crippen MR) is 107 cm³/mol. The molecular weight excluding hydrogens is 372 g/mol. The summed E-state index contributed by atoms with van der Waals surface area (Å²) in [6, 6.07) is 6.55. The number of benzene rings is 1. The van der Waals surface area contributed by atoms with E-state index < -0.39 is 10.0 Å². The number of thiocarbonyl (C=S) groups is 1. The molecule has 0 aliphatic carbocycles. The van der Waals surface area contributed by atoms with Gasteiger partial charge in [0, 0.05) is 25.0 Å². The van der Waals surface area contributed by atoms with Crippen LogP contribution in [0.4, 0.5) is 5.69 Å². The summed E-state index contributed by atoms with van der Waals surface area (Å²) in [5.74, 6) is 0. The highest BCUT2D eigenvalue weighted by Crippen LogP contribution is 2.19. The largest absolute Gasteiger partial charge is 0.379 e. The number of nitrogens with one attached hydrogen (secondary N) is 3. The second-order valence-corrected chi connectivity index (χ2v) is 8.12. The Balaban J connectivity index is 1.92. The summed E-state index contributed by atoms with van der Waals surface area (Å²) in [4.78, 5) is 0.264. The van der Waals surface area contributed by atoms with Crippen molar-refractivity contribution in [1.82, 2.24) is 15.2 Å². The molecule has 1 aliphatic heterocycles. The van der Waals surface area contributed by atoms with E-state index in [4.69, 9.17) is 17.0 Å². The van der Waals surface area contributed by atoms with E-state index in [0.29, 0.717) is 37.1 Å². The molecule has 9 heteroatoms. The standard InChI is InChI=1S/C17H26N4O3S2/c1-3-14(4-2)13-18-20-17(25)19-15-5-7-16(8-6-15)26(22,23)21-9-11-24-12-10-21/h5-8,13,18H,3-4,9-12H2,1-2H3,(H2,19,20,25). The van der Waals surface area contributed by atoms with Crippen molar-refractivity contribution in [2.24, 2.45) is 0 Å². The Hall–Kier alpha value is -1.68. The number of allylic oxidation sites excluding steroid dienone is 1. The van der Waals surface area contributed by atoms with Crippen molar-refractivity contribution in [3.05, 3.63) is 36.0 Å². The molecule has 0 spiro atoms. The van der Waals surface area contributed by atoms with Crippen LogP contribution in [0.3, 0.4) is 0 Å². The molecule has 26 heavy (non-hydrogen) atoms. The number of rotatable bonds is 7. The third kappa shape index (κ3) is 5.66. The minimum atomic E-state index is -3.48. The van der Waals surface area contributed by atoms with Gasteiger partial charge < -0.3 is 15.5 Å². The Labute approximate surface area is 160 Å². The fourth-order valence-electron chi connectivity index (χ4n) is 2.47. The van der Waals surface area contributed by atoms with Crippen molar-refractivity contribution in [3.63, 3.8) is 0 Å². The highest BCUT2D eigenvalue weighted by atomic mass is 32.2. The van der Waals surface area contributed by atoms with Crippen LogP contribution in [-0.2, 0) is 14.8 Å². The summed E-state index contributed by atoms with van der Waals surface area (Å²) in [5, 5.41) is 3.41. The van der Waals surface area contributed by atoms with Crippen LogP contribution >= 0.6 is 12.2 Å². The molecule has 1 heterocycles. The van der Waals surface area contributed by atoms with E-state index in [1.54, 1.807) is 24.3 Å². The van der Waals surface area contributed by atoms with Crippen LogP contribution in [0.15, 0.2) is 40.9 Å². The zero-order valence-corrected chi connectivity index (χ0v) is 16.8. The summed E-state index contributed by atoms with van der Waals surface area (Å²) in [6.45, 7) is 5.82. The van der Waals surface area contributed by atoms with Crippen LogP contribution in [0.25, 0.3) is 0 Å². The Morgan fingerprint density at radius 3 is 2.38 bits per heavy atom. The molecule has 1 aromatic rings. The molecule has 0 aromatic heterocycles. The van der Waals surface area contributed by atoms with E-state index in [1.807, 2.05) is 6.20 Å². The van der Waals surface area contributed by atoms with Gasteiger partial charge in [0.2, 0.25) is 10.0 Å². The van der Waals surface area contributed by atoms with E-state index in [0.717, 1.165) is 12.8 Å². The minimum Gasteiger partial charge on any atom is -0.379 e. The Kier molecular flexibility index (Phi) is 7.83. The molecule has 2 rings (SSSR count). The lowest BCUT2D eigenvalue weighted by Gasteiger charge is -2.26. The van der Waals surface area contributed by atoms with Crippen molar-refractivity contribution in [2.45, 2.75) is 31.6 Å². The lowest BCUT2D eigenvalue weighted by molar-refractivity contribution is 0.0730. The van der Waals surface area contributed by atoms with Crippen molar-refractivity contribution in [1.29, 1.82) is 0 Å². The first-order chi connectivity index (χ1) is 12.5. The van der Waals surface area contributed by atoms with E-state index in [2.05, 4.69) is 30.0 Å². The smallest absolute Gasteiger partial charge is 0.243 e. The van der Waals surface area contributed by atoms with Crippen molar-refractivity contribution in [3.8, 4) is 0 Å². The average molecular weight is 399 g/mol. The van der Waals surface area contributed by atoms with Gasteiger partial charge in [-0.1, -0.05) is 19.4 Å². The molecule has 3 N–H and O–H groups in total. The molecule has 1 aliphatic rings. The highest BCUT2D eigenvalue weighted by molar-refractivity contribution is 7.89. The highest BCUT2D eigenvalue weighted by Gasteiger charge is 2.26. The Bertz CT molecular complexity index is 721. The number of anilines is 1. The van der Waals surface area contributed by atoms with E-state index in [-0.39, 0.29) is 4.90 Å². The monoisotopic (exact) mass is 398 g/mol. The number of hydrogen-bond donors (Lipinski definition) is 3. The van der Waals surface area contributed by atoms with E-state index in [9.17, 15) is 8.42 Å². The Morgan fingerprint density at radius 1 is 1.19 bits per heavy atom. The lowest BCUT2D eigenvalue weighted by Crippen LogP contribution is -2.40. The number of sulfonamides is 1. The second-order valence-electron chi connectivity index (χ2n) is 5.77. The normalized spacial score (nSPS) is 15.2. The summed E-state index contributed by atoms with van der Waals surface area (Å²) in [6.07, 6.45) is 3.85. The lowest BCUT2D eigenvalue weighted by atomic mass is 10.2. The fraction of sp³-hybridized carbons (Fsp3) is 0.471. The van der Waals surface area contributed by atoms with Crippen LogP contribution in [0.1, 0.15) is 26.7 Å². The zero-order chi connectivity index (χ0) is 19.0. The number of morpholine rings is 1. The fourth-order valence-corrected chi connectivity index (χ4v) is 4.05. The zero-order valence-electron chi connectivity index (χ0n) is 15.1. The molecule has 0 amide bonds. The first kappa shape index (κ1) is 20.6. The number of ether oxygens (including phenoxy) is 1.